The summed E-state index contributed by atoms with van der Waals surface area (Å²) in [5, 5.41) is 12.1. The van der Waals surface area contributed by atoms with Crippen LogP contribution in [0.1, 0.15) is 18.4 Å². The first-order valence-corrected chi connectivity index (χ1v) is 8.49. The summed E-state index contributed by atoms with van der Waals surface area (Å²) in [6.45, 7) is 0.361. The Morgan fingerprint density at radius 1 is 1.29 bits per heavy atom. The first kappa shape index (κ1) is 16.4. The van der Waals surface area contributed by atoms with E-state index < -0.39 is 17.8 Å². The van der Waals surface area contributed by atoms with Gasteiger partial charge in [0.1, 0.15) is 0 Å². The number of amides is 1. The third-order valence-corrected chi connectivity index (χ3v) is 6.41. The van der Waals surface area contributed by atoms with E-state index in [9.17, 15) is 14.7 Å². The van der Waals surface area contributed by atoms with Gasteiger partial charge in [0, 0.05) is 28.6 Å². The largest absolute Gasteiger partial charge is 0.481 e. The van der Waals surface area contributed by atoms with Crippen LogP contribution in [0.2, 0.25) is 0 Å². The van der Waals surface area contributed by atoms with Gasteiger partial charge in [-0.15, -0.1) is 0 Å². The molecule has 1 aromatic heterocycles. The Morgan fingerprint density at radius 2 is 1.95 bits per heavy atom. The molecular formula is C14H16Br2N2O3. The normalized spacial score (nSPS) is 28.9. The SMILES string of the molecule is O=C(O)[C@H]1C[C@@H](Br)[C@@H](Br)C[C@@H]1C(=O)NCc1cccnc1. The third kappa shape index (κ3) is 4.26. The van der Waals surface area contributed by atoms with Gasteiger partial charge in [0.15, 0.2) is 0 Å². The molecule has 1 aromatic rings. The molecular weight excluding hydrogens is 404 g/mol. The van der Waals surface area contributed by atoms with Crippen LogP contribution in [-0.2, 0) is 16.1 Å². The summed E-state index contributed by atoms with van der Waals surface area (Å²) < 4.78 is 0. The molecule has 2 N–H and O–H groups in total. The highest BCUT2D eigenvalue weighted by Gasteiger charge is 2.42. The molecule has 114 valence electrons. The van der Waals surface area contributed by atoms with E-state index in [-0.39, 0.29) is 15.6 Å². The number of aromatic nitrogens is 1. The van der Waals surface area contributed by atoms with Crippen molar-refractivity contribution in [1.82, 2.24) is 10.3 Å². The van der Waals surface area contributed by atoms with Gasteiger partial charge in [-0.1, -0.05) is 37.9 Å². The maximum Gasteiger partial charge on any atom is 0.307 e. The van der Waals surface area contributed by atoms with Crippen LogP contribution in [0, 0.1) is 11.8 Å². The molecule has 0 radical (unpaired) electrons. The van der Waals surface area contributed by atoms with Crippen LogP contribution in [0.25, 0.3) is 0 Å². The lowest BCUT2D eigenvalue weighted by Gasteiger charge is -2.33. The maximum absolute atomic E-state index is 12.3. The van der Waals surface area contributed by atoms with E-state index in [4.69, 9.17) is 0 Å². The summed E-state index contributed by atoms with van der Waals surface area (Å²) in [5.41, 5.74) is 0.891. The van der Waals surface area contributed by atoms with Gasteiger partial charge in [-0.3, -0.25) is 14.6 Å². The van der Waals surface area contributed by atoms with Crippen molar-refractivity contribution in [2.75, 3.05) is 0 Å². The molecule has 5 nitrogen and oxygen atoms in total. The number of alkyl halides is 2. The lowest BCUT2D eigenvalue weighted by Crippen LogP contribution is -2.44. The molecule has 1 amide bonds. The summed E-state index contributed by atoms with van der Waals surface area (Å²) >= 11 is 6.97. The molecule has 1 aliphatic rings. The first-order chi connectivity index (χ1) is 9.99. The fourth-order valence-corrected chi connectivity index (χ4v) is 3.73. The second kappa shape index (κ2) is 7.35. The van der Waals surface area contributed by atoms with Gasteiger partial charge in [-0.05, 0) is 24.5 Å². The molecule has 4 atom stereocenters. The molecule has 2 rings (SSSR count). The van der Waals surface area contributed by atoms with Crippen LogP contribution in [0.3, 0.4) is 0 Å². The minimum absolute atomic E-state index is 0.0703. The number of hydrogen-bond acceptors (Lipinski definition) is 3. The molecule has 0 bridgehead atoms. The summed E-state index contributed by atoms with van der Waals surface area (Å²) in [4.78, 5) is 27.8. The van der Waals surface area contributed by atoms with Crippen LogP contribution < -0.4 is 5.32 Å². The second-order valence-corrected chi connectivity index (χ2v) is 7.49. The number of rotatable bonds is 4. The van der Waals surface area contributed by atoms with Crippen LogP contribution in [0.15, 0.2) is 24.5 Å². The Kier molecular flexibility index (Phi) is 5.75. The van der Waals surface area contributed by atoms with E-state index in [2.05, 4.69) is 42.2 Å². The van der Waals surface area contributed by atoms with E-state index in [1.54, 1.807) is 18.5 Å². The molecule has 0 aromatic carbocycles. The molecule has 0 saturated heterocycles. The van der Waals surface area contributed by atoms with Crippen molar-refractivity contribution in [3.63, 3.8) is 0 Å². The minimum Gasteiger partial charge on any atom is -0.481 e. The van der Waals surface area contributed by atoms with Crippen LogP contribution in [-0.4, -0.2) is 31.6 Å². The van der Waals surface area contributed by atoms with Crippen molar-refractivity contribution in [3.05, 3.63) is 30.1 Å². The number of carbonyl (C=O) groups excluding carboxylic acids is 1. The average molecular weight is 420 g/mol. The van der Waals surface area contributed by atoms with Crippen LogP contribution in [0.5, 0.6) is 0 Å². The predicted octanol–water partition coefficient (Wildman–Crippen LogP) is 2.34. The van der Waals surface area contributed by atoms with Gasteiger partial charge in [-0.25, -0.2) is 0 Å². The quantitative estimate of drug-likeness (QED) is 0.734. The van der Waals surface area contributed by atoms with Gasteiger partial charge in [-0.2, -0.15) is 0 Å². The number of hydrogen-bond donors (Lipinski definition) is 2. The lowest BCUT2D eigenvalue weighted by atomic mass is 9.78. The van der Waals surface area contributed by atoms with Crippen molar-refractivity contribution in [2.24, 2.45) is 11.8 Å². The van der Waals surface area contributed by atoms with Crippen LogP contribution >= 0.6 is 31.9 Å². The summed E-state index contributed by atoms with van der Waals surface area (Å²) in [6, 6.07) is 3.66. The molecule has 1 fully saturated rings. The number of aliphatic carboxylic acids is 1. The number of nitrogens with one attached hydrogen (secondary N) is 1. The number of halogens is 2. The Balaban J connectivity index is 2.00. The van der Waals surface area contributed by atoms with Gasteiger partial charge >= 0.3 is 5.97 Å². The van der Waals surface area contributed by atoms with Crippen molar-refractivity contribution in [3.8, 4) is 0 Å². The van der Waals surface area contributed by atoms with Crippen molar-refractivity contribution >= 4 is 43.7 Å². The Bertz CT molecular complexity index is 512. The number of carboxylic acids is 1. The topological polar surface area (TPSA) is 79.3 Å². The molecule has 21 heavy (non-hydrogen) atoms. The first-order valence-electron chi connectivity index (χ1n) is 6.66. The summed E-state index contributed by atoms with van der Waals surface area (Å²) in [5.74, 6) is -2.30. The fourth-order valence-electron chi connectivity index (χ4n) is 2.49. The average Bonchev–Trinajstić information content (AvgIpc) is 2.48. The van der Waals surface area contributed by atoms with E-state index in [1.165, 1.54) is 0 Å². The molecule has 1 aliphatic carbocycles. The third-order valence-electron chi connectivity index (χ3n) is 3.68. The minimum atomic E-state index is -0.916. The number of pyridine rings is 1. The number of carboxylic acid groups (broad SMARTS) is 1. The highest BCUT2D eigenvalue weighted by molar-refractivity contribution is 9.12. The number of carbonyl (C=O) groups is 2. The standard InChI is InChI=1S/C14H16Br2N2O3/c15-11-4-9(10(14(20)21)5-12(11)16)13(19)18-7-8-2-1-3-17-6-8/h1-3,6,9-12H,4-5,7H2,(H,18,19)(H,20,21)/t9-,10-,11-,12+/m0/s1. The van der Waals surface area contributed by atoms with Gasteiger partial charge in [0.2, 0.25) is 5.91 Å². The van der Waals surface area contributed by atoms with E-state index in [0.29, 0.717) is 19.4 Å². The van der Waals surface area contributed by atoms with Gasteiger partial charge in [0.25, 0.3) is 0 Å². The highest BCUT2D eigenvalue weighted by atomic mass is 79.9. The molecule has 1 heterocycles. The lowest BCUT2D eigenvalue weighted by molar-refractivity contribution is -0.148. The summed E-state index contributed by atoms with van der Waals surface area (Å²) in [6.07, 6.45) is 4.29. The zero-order valence-corrected chi connectivity index (χ0v) is 14.4. The van der Waals surface area contributed by atoms with Gasteiger partial charge < -0.3 is 10.4 Å². The highest BCUT2D eigenvalue weighted by Crippen LogP contribution is 2.38. The molecule has 0 unspecified atom stereocenters. The van der Waals surface area contributed by atoms with Gasteiger partial charge in [0.05, 0.1) is 11.8 Å². The fraction of sp³-hybridized carbons (Fsp3) is 0.500. The van der Waals surface area contributed by atoms with E-state index >= 15 is 0 Å². The smallest absolute Gasteiger partial charge is 0.307 e. The Labute approximate surface area is 139 Å². The molecule has 0 aliphatic heterocycles. The Morgan fingerprint density at radius 3 is 2.52 bits per heavy atom. The van der Waals surface area contributed by atoms with Crippen molar-refractivity contribution in [2.45, 2.75) is 29.0 Å². The second-order valence-electron chi connectivity index (χ2n) is 5.13. The monoisotopic (exact) mass is 418 g/mol. The van der Waals surface area contributed by atoms with Crippen molar-refractivity contribution in [1.29, 1.82) is 0 Å². The van der Waals surface area contributed by atoms with E-state index in [0.717, 1.165) is 5.56 Å². The maximum atomic E-state index is 12.3. The molecule has 7 heteroatoms. The summed E-state index contributed by atoms with van der Waals surface area (Å²) in [7, 11) is 0. The zero-order valence-electron chi connectivity index (χ0n) is 11.2. The number of nitrogens with zero attached hydrogens (tertiary/aromatic N) is 1. The van der Waals surface area contributed by atoms with Crippen molar-refractivity contribution < 1.29 is 14.7 Å². The Hall–Kier alpha value is -0.950. The zero-order chi connectivity index (χ0) is 15.4. The molecule has 0 spiro atoms. The molecule has 1 saturated carbocycles. The van der Waals surface area contributed by atoms with Crippen LogP contribution in [0.4, 0.5) is 0 Å². The van der Waals surface area contributed by atoms with E-state index in [1.807, 2.05) is 6.07 Å². The predicted molar refractivity (Wildman–Crippen MR) is 85.4 cm³/mol.